The third kappa shape index (κ3) is 11.2. The molecule has 0 bridgehead atoms. The lowest BCUT2D eigenvalue weighted by atomic mass is 9.64. The largest absolute Gasteiger partial charge is 0.310 e. The highest BCUT2D eigenvalue weighted by Gasteiger charge is 2.55. The van der Waals surface area contributed by atoms with E-state index >= 15 is 0 Å². The van der Waals surface area contributed by atoms with Crippen LogP contribution in [0.5, 0.6) is 0 Å². The maximum Gasteiger partial charge on any atom is 0.0755 e. The molecule has 139 heavy (non-hydrogen) atoms. The Labute approximate surface area is 816 Å². The van der Waals surface area contributed by atoms with Gasteiger partial charge >= 0.3 is 0 Å². The molecule has 1 unspecified atom stereocenters. The van der Waals surface area contributed by atoms with Gasteiger partial charge in [-0.25, -0.2) is 0 Å². The fourth-order valence-corrected chi connectivity index (χ4v) is 28.2. The zero-order chi connectivity index (χ0) is 91.7. The van der Waals surface area contributed by atoms with Crippen LogP contribution in [-0.4, -0.2) is 0 Å². The molecule has 0 saturated heterocycles. The third-order valence-corrected chi connectivity index (χ3v) is 34.2. The minimum absolute atomic E-state index is 0.220. The summed E-state index contributed by atoms with van der Waals surface area (Å²) >= 11 is 3.77. The monoisotopic (exact) mass is 1800 g/mol. The summed E-state index contributed by atoms with van der Waals surface area (Å²) in [4.78, 5) is 10.1. The Morgan fingerprint density at radius 3 is 1.09 bits per heavy atom. The van der Waals surface area contributed by atoms with E-state index in [1.54, 1.807) is 0 Å². The van der Waals surface area contributed by atoms with E-state index in [-0.39, 0.29) is 5.41 Å². The molecule has 2 aliphatic heterocycles. The Bertz CT molecular complexity index is 9000. The molecule has 2 spiro atoms. The van der Waals surface area contributed by atoms with Crippen molar-refractivity contribution in [2.45, 2.75) is 42.4 Å². The quantitative estimate of drug-likeness (QED) is 0.121. The van der Waals surface area contributed by atoms with Gasteiger partial charge in [-0.1, -0.05) is 366 Å². The molecule has 4 nitrogen and oxygen atoms in total. The molecule has 29 rings (SSSR count). The summed E-state index contributed by atoms with van der Waals surface area (Å²) in [6, 6.07) is 182. The van der Waals surface area contributed by atoms with E-state index < -0.39 is 16.2 Å². The number of rotatable bonds is 12. The highest BCUT2D eigenvalue weighted by molar-refractivity contribution is 7.26. The summed E-state index contributed by atoms with van der Waals surface area (Å²) in [6.07, 6.45) is 0. The topological polar surface area (TPSA) is 13.0 Å². The molecule has 4 aliphatic carbocycles. The summed E-state index contributed by atoms with van der Waals surface area (Å²) in [7, 11) is 0. The van der Waals surface area contributed by atoms with Gasteiger partial charge in [-0.15, -0.1) is 22.7 Å². The van der Waals surface area contributed by atoms with Crippen LogP contribution < -0.4 is 19.6 Å². The van der Waals surface area contributed by atoms with Crippen molar-refractivity contribution in [3.63, 3.8) is 0 Å². The second-order valence-electron chi connectivity index (χ2n) is 38.8. The summed E-state index contributed by atoms with van der Waals surface area (Å²) in [5, 5.41) is 5.11. The first-order valence-electron chi connectivity index (χ1n) is 48.4. The molecule has 21 aromatic carbocycles. The lowest BCUT2D eigenvalue weighted by Gasteiger charge is -2.45. The van der Waals surface area contributed by atoms with Crippen molar-refractivity contribution in [1.29, 1.82) is 0 Å². The molecule has 0 saturated carbocycles. The van der Waals surface area contributed by atoms with Crippen molar-refractivity contribution >= 4 is 131 Å². The second kappa shape index (κ2) is 30.1. The van der Waals surface area contributed by atoms with Gasteiger partial charge in [-0.05, 0) is 273 Å². The molecule has 4 heterocycles. The number of anilines is 12. The van der Waals surface area contributed by atoms with Gasteiger partial charge < -0.3 is 19.6 Å². The molecular weight excluding hydrogens is 1720 g/mol. The molecule has 2 aromatic heterocycles. The normalized spacial score (nSPS) is 15.0. The summed E-state index contributed by atoms with van der Waals surface area (Å²) < 4.78 is 5.15. The predicted octanol–water partition coefficient (Wildman–Crippen LogP) is 36.3. The zero-order valence-corrected chi connectivity index (χ0v) is 78.3. The summed E-state index contributed by atoms with van der Waals surface area (Å²) in [6.45, 7) is 7.22. The Balaban J connectivity index is 0.523. The van der Waals surface area contributed by atoms with Gasteiger partial charge in [0.1, 0.15) is 0 Å². The predicted molar refractivity (Wildman–Crippen MR) is 584 cm³/mol. The highest BCUT2D eigenvalue weighted by Crippen LogP contribution is 2.69. The van der Waals surface area contributed by atoms with Crippen molar-refractivity contribution in [3.05, 3.63) is 552 Å². The summed E-state index contributed by atoms with van der Waals surface area (Å²) in [5.41, 5.74) is 45.5. The van der Waals surface area contributed by atoms with Crippen molar-refractivity contribution in [3.8, 4) is 77.9 Å². The van der Waals surface area contributed by atoms with Crippen molar-refractivity contribution in [1.82, 2.24) is 0 Å². The van der Waals surface area contributed by atoms with Gasteiger partial charge in [-0.3, -0.25) is 0 Å². The van der Waals surface area contributed by atoms with E-state index in [1.165, 1.54) is 196 Å². The number of benzene rings is 21. The van der Waals surface area contributed by atoms with Gasteiger partial charge in [0.15, 0.2) is 0 Å². The number of nitrogens with zero attached hydrogens (tertiary/aromatic N) is 4. The van der Waals surface area contributed by atoms with Crippen LogP contribution in [0.2, 0.25) is 0 Å². The number of thiophene rings is 2. The number of hydrogen-bond acceptors (Lipinski definition) is 6. The van der Waals surface area contributed by atoms with Crippen molar-refractivity contribution in [2.24, 2.45) is 0 Å². The minimum atomic E-state index is -0.708. The molecule has 6 heteroatoms. The first-order chi connectivity index (χ1) is 68.6. The SMILES string of the molecule is CC1(C)c2ccccc2-c2ccc(N(c3ccc(-c4cccc5c4sc4ccc(-c6ccc(N7c8ccccc8C8(c9ccccc9-c9c(N(c%10ccc(-c%11cccc%12c%11sc%11ccccc%11%12)cc%10)c%10ccc%11c(c%10)C(C)(c%10ccccc%10)c%10ccccc%10-%11)cccc98)c8ccccc87)cc6)cc45)cc3)c3cccc4c3-c3ccccc3C43c4ccccc4N(c4ccccc4)c4ccccc43)cc21. The molecule has 6 aliphatic rings. The number of hydrogen-bond donors (Lipinski definition) is 0. The Hall–Kier alpha value is -16.7. The van der Waals surface area contributed by atoms with Crippen LogP contribution in [0.4, 0.5) is 68.2 Å². The second-order valence-corrected chi connectivity index (χ2v) is 40.9. The van der Waals surface area contributed by atoms with Gasteiger partial charge in [0.2, 0.25) is 0 Å². The Morgan fingerprint density at radius 1 is 0.209 bits per heavy atom. The first kappa shape index (κ1) is 79.6. The molecule has 0 amide bonds. The fourth-order valence-electron chi connectivity index (χ4n) is 25.7. The van der Waals surface area contributed by atoms with Crippen LogP contribution in [-0.2, 0) is 21.7 Å². The van der Waals surface area contributed by atoms with Crippen molar-refractivity contribution < 1.29 is 0 Å². The van der Waals surface area contributed by atoms with E-state index in [1.807, 2.05) is 22.7 Å². The van der Waals surface area contributed by atoms with Crippen LogP contribution in [0.1, 0.15) is 93.1 Å². The van der Waals surface area contributed by atoms with Crippen molar-refractivity contribution in [2.75, 3.05) is 19.6 Å². The Kier molecular flexibility index (Phi) is 17.3. The summed E-state index contributed by atoms with van der Waals surface area (Å²) in [5.74, 6) is 0. The third-order valence-electron chi connectivity index (χ3n) is 31.8. The lowest BCUT2D eigenvalue weighted by molar-refractivity contribution is 0.660. The minimum Gasteiger partial charge on any atom is -0.310 e. The van der Waals surface area contributed by atoms with Gasteiger partial charge in [-0.2, -0.15) is 0 Å². The van der Waals surface area contributed by atoms with Gasteiger partial charge in [0, 0.05) is 96.4 Å². The average Bonchev–Trinajstić information content (AvgIpc) is 1.52. The molecule has 652 valence electrons. The van der Waals surface area contributed by atoms with E-state index in [2.05, 4.69) is 520 Å². The molecule has 23 aromatic rings. The molecule has 0 radical (unpaired) electrons. The highest BCUT2D eigenvalue weighted by atomic mass is 32.1. The molecule has 0 N–H and O–H groups in total. The number of para-hydroxylation sites is 5. The lowest BCUT2D eigenvalue weighted by Crippen LogP contribution is -2.36. The number of fused-ring (bicyclic) bond motifs is 30. The standard InChI is InChI=1S/C133H88N4S2/c1-130(2)106-45-15-10-36-96(106)98-77-75-92(81-116(98)130)134(122-59-30-53-114-126(122)103-39-12-17-47-108(103)132(114)110-49-19-23-55-118(110)136(88-34-8-5-9-35-88)119-56-24-20-50-111(119)132)89-71-66-85(67-72-89)95-42-29-44-102-105-80-86(68-79-125(105)139-129(95)102)83-62-69-91(70-63-83)137-120-57-25-21-51-112(120)133(113-52-22-26-58-121(113)137)109-48-18-13-40-104(109)127-115(133)54-31-60-123(127)135(90-73-64-84(65-74-90)94-41-28-43-101-100-38-14-27-61-124(100)138-128(94)101)93-76-78-99-97-37-11-16-46-107(97)131(3,117(99)82-93)87-32-6-4-7-33-87/h4-82H,1-3H3. The van der Waals surface area contributed by atoms with Crippen LogP contribution >= 0.6 is 22.7 Å². The molecule has 1 atom stereocenters. The maximum atomic E-state index is 2.57. The fraction of sp³-hybridized carbons (Fsp3) is 0.0526. The molecule has 0 fully saturated rings. The van der Waals surface area contributed by atoms with Crippen LogP contribution in [0.25, 0.3) is 118 Å². The van der Waals surface area contributed by atoms with Crippen LogP contribution in [0.3, 0.4) is 0 Å². The smallest absolute Gasteiger partial charge is 0.0755 e. The molecular formula is C133H88N4S2. The van der Waals surface area contributed by atoms with Crippen LogP contribution in [0, 0.1) is 0 Å². The zero-order valence-electron chi connectivity index (χ0n) is 76.7. The maximum absolute atomic E-state index is 2.57. The first-order valence-corrected chi connectivity index (χ1v) is 50.1. The van der Waals surface area contributed by atoms with E-state index in [0.29, 0.717) is 0 Å². The Morgan fingerprint density at radius 2 is 0.561 bits per heavy atom. The van der Waals surface area contributed by atoms with E-state index in [4.69, 9.17) is 0 Å². The van der Waals surface area contributed by atoms with E-state index in [0.717, 1.165) is 62.4 Å². The van der Waals surface area contributed by atoms with Crippen LogP contribution in [0.15, 0.2) is 479 Å². The van der Waals surface area contributed by atoms with Gasteiger partial charge in [0.25, 0.3) is 0 Å². The average molecular weight is 1810 g/mol. The van der Waals surface area contributed by atoms with Gasteiger partial charge in [0.05, 0.1) is 45.0 Å². The van der Waals surface area contributed by atoms with E-state index in [9.17, 15) is 0 Å².